The molecule has 1 aromatic carbocycles. The van der Waals surface area contributed by atoms with Crippen molar-refractivity contribution in [3.8, 4) is 0 Å². The molecule has 5 heteroatoms. The summed E-state index contributed by atoms with van der Waals surface area (Å²) in [7, 11) is -2.94. The molecule has 0 radical (unpaired) electrons. The molecule has 0 fully saturated rings. The molecule has 0 aliphatic heterocycles. The topological polar surface area (TPSA) is 54.4 Å². The summed E-state index contributed by atoms with van der Waals surface area (Å²) >= 11 is 3.37. The third-order valence-electron chi connectivity index (χ3n) is 3.11. The molecule has 3 nitrogen and oxygen atoms in total. The fourth-order valence-electron chi connectivity index (χ4n) is 1.95. The van der Waals surface area contributed by atoms with Crippen LogP contribution in [-0.4, -0.2) is 30.6 Å². The summed E-state index contributed by atoms with van der Waals surface area (Å²) in [4.78, 5) is 0. The van der Waals surface area contributed by atoms with Crippen LogP contribution in [0, 0.1) is 0 Å². The summed E-state index contributed by atoms with van der Waals surface area (Å²) in [5.41, 5.74) is 0.184. The molecule has 0 spiro atoms. The number of halogens is 1. The Balaban J connectivity index is 2.50. The van der Waals surface area contributed by atoms with E-state index in [2.05, 4.69) is 15.9 Å². The van der Waals surface area contributed by atoms with E-state index in [0.717, 1.165) is 10.0 Å². The van der Waals surface area contributed by atoms with E-state index in [1.165, 1.54) is 0 Å². The minimum atomic E-state index is -2.94. The molecule has 1 atom stereocenters. The lowest BCUT2D eigenvalue weighted by Crippen LogP contribution is -2.28. The molecule has 0 saturated carbocycles. The number of hydrogen-bond donors (Lipinski definition) is 1. The second-order valence-electron chi connectivity index (χ2n) is 5.14. The first-order valence-electron chi connectivity index (χ1n) is 6.41. The van der Waals surface area contributed by atoms with Gasteiger partial charge in [-0.15, -0.1) is 0 Å². The van der Waals surface area contributed by atoms with Crippen molar-refractivity contribution in [2.75, 3.05) is 11.5 Å². The van der Waals surface area contributed by atoms with Crippen LogP contribution >= 0.6 is 15.9 Å². The molecule has 1 N–H and O–H groups in total. The average Bonchev–Trinajstić information content (AvgIpc) is 2.31. The van der Waals surface area contributed by atoms with Crippen LogP contribution in [0.4, 0.5) is 0 Å². The van der Waals surface area contributed by atoms with Gasteiger partial charge in [-0.2, -0.15) is 0 Å². The van der Waals surface area contributed by atoms with Crippen LogP contribution in [0.5, 0.6) is 0 Å². The lowest BCUT2D eigenvalue weighted by molar-refractivity contribution is 0.0508. The quantitative estimate of drug-likeness (QED) is 0.823. The van der Waals surface area contributed by atoms with Crippen LogP contribution in [0.1, 0.15) is 32.3 Å². The third-order valence-corrected chi connectivity index (χ3v) is 5.43. The number of rotatable bonds is 7. The average molecular weight is 349 g/mol. The van der Waals surface area contributed by atoms with Crippen LogP contribution in [0.3, 0.4) is 0 Å². The molecule has 1 aromatic rings. The largest absolute Gasteiger partial charge is 0.390 e. The highest BCUT2D eigenvalue weighted by molar-refractivity contribution is 9.10. The minimum Gasteiger partial charge on any atom is -0.390 e. The molecule has 0 aliphatic carbocycles. The van der Waals surface area contributed by atoms with Crippen LogP contribution in [0.2, 0.25) is 0 Å². The molecular formula is C14H21BrO3S. The van der Waals surface area contributed by atoms with Gasteiger partial charge in [-0.25, -0.2) is 8.42 Å². The van der Waals surface area contributed by atoms with E-state index in [1.54, 1.807) is 13.8 Å². The lowest BCUT2D eigenvalue weighted by Gasteiger charge is -2.23. The van der Waals surface area contributed by atoms with E-state index in [1.807, 2.05) is 24.3 Å². The van der Waals surface area contributed by atoms with Gasteiger partial charge in [0.25, 0.3) is 0 Å². The summed E-state index contributed by atoms with van der Waals surface area (Å²) in [6.07, 6.45) is 1.52. The second-order valence-corrected chi connectivity index (χ2v) is 8.53. The van der Waals surface area contributed by atoms with Crippen molar-refractivity contribution in [1.29, 1.82) is 0 Å². The number of aliphatic hydroxyl groups is 1. The van der Waals surface area contributed by atoms with Gasteiger partial charge in [0, 0.05) is 16.6 Å². The van der Waals surface area contributed by atoms with E-state index in [-0.39, 0.29) is 11.5 Å². The molecule has 0 heterocycles. The lowest BCUT2D eigenvalue weighted by atomic mass is 9.92. The molecule has 1 rings (SSSR count). The molecule has 1 unspecified atom stereocenters. The molecule has 0 saturated heterocycles. The molecule has 0 aliphatic rings. The Kier molecular flexibility index (Phi) is 6.02. The van der Waals surface area contributed by atoms with Gasteiger partial charge in [-0.05, 0) is 37.5 Å². The van der Waals surface area contributed by atoms with Gasteiger partial charge in [-0.1, -0.05) is 35.0 Å². The van der Waals surface area contributed by atoms with Gasteiger partial charge in [0.15, 0.2) is 0 Å². The number of hydrogen-bond acceptors (Lipinski definition) is 3. The zero-order valence-electron chi connectivity index (χ0n) is 11.4. The third kappa shape index (κ3) is 6.54. The smallest absolute Gasteiger partial charge is 0.150 e. The van der Waals surface area contributed by atoms with E-state index < -0.39 is 15.4 Å². The first-order valence-corrected chi connectivity index (χ1v) is 9.03. The van der Waals surface area contributed by atoms with E-state index in [0.29, 0.717) is 19.3 Å². The van der Waals surface area contributed by atoms with Crippen LogP contribution in [0.15, 0.2) is 28.7 Å². The first kappa shape index (κ1) is 16.7. The highest BCUT2D eigenvalue weighted by Gasteiger charge is 2.21. The fourth-order valence-corrected chi connectivity index (χ4v) is 3.08. The van der Waals surface area contributed by atoms with Gasteiger partial charge >= 0.3 is 0 Å². The number of sulfone groups is 1. The fraction of sp³-hybridized carbons (Fsp3) is 0.571. The predicted octanol–water partition coefficient (Wildman–Crippen LogP) is 2.96. The van der Waals surface area contributed by atoms with Gasteiger partial charge in [0.2, 0.25) is 0 Å². The highest BCUT2D eigenvalue weighted by Crippen LogP contribution is 2.20. The van der Waals surface area contributed by atoms with Gasteiger partial charge < -0.3 is 5.11 Å². The maximum absolute atomic E-state index is 11.4. The highest BCUT2D eigenvalue weighted by atomic mass is 79.9. The maximum atomic E-state index is 11.4. The predicted molar refractivity (Wildman–Crippen MR) is 82.0 cm³/mol. The van der Waals surface area contributed by atoms with Gasteiger partial charge in [0.05, 0.1) is 11.4 Å². The van der Waals surface area contributed by atoms with E-state index in [9.17, 15) is 13.5 Å². The zero-order valence-corrected chi connectivity index (χ0v) is 13.8. The molecule has 108 valence electrons. The second kappa shape index (κ2) is 6.86. The first-order chi connectivity index (χ1) is 8.74. The van der Waals surface area contributed by atoms with Crippen molar-refractivity contribution in [3.05, 3.63) is 34.3 Å². The van der Waals surface area contributed by atoms with Gasteiger partial charge in [-0.3, -0.25) is 0 Å². The summed E-state index contributed by atoms with van der Waals surface area (Å²) in [6, 6.07) is 7.79. The van der Waals surface area contributed by atoms with Crippen LogP contribution in [-0.2, 0) is 16.3 Å². The maximum Gasteiger partial charge on any atom is 0.150 e. The van der Waals surface area contributed by atoms with E-state index in [4.69, 9.17) is 0 Å². The Labute approximate surface area is 124 Å². The molecule has 19 heavy (non-hydrogen) atoms. The number of benzene rings is 1. The van der Waals surface area contributed by atoms with Gasteiger partial charge in [0.1, 0.15) is 9.84 Å². The van der Waals surface area contributed by atoms with Crippen molar-refractivity contribution < 1.29 is 13.5 Å². The Bertz CT molecular complexity index is 492. The molecule has 0 bridgehead atoms. The summed E-state index contributed by atoms with van der Waals surface area (Å²) in [5, 5.41) is 10.3. The minimum absolute atomic E-state index is 0.153. The van der Waals surface area contributed by atoms with Crippen molar-refractivity contribution in [1.82, 2.24) is 0 Å². The van der Waals surface area contributed by atoms with Crippen molar-refractivity contribution in [2.24, 2.45) is 0 Å². The Morgan fingerprint density at radius 1 is 1.26 bits per heavy atom. The van der Waals surface area contributed by atoms with Crippen molar-refractivity contribution >= 4 is 25.8 Å². The molecule has 0 amide bonds. The Morgan fingerprint density at radius 2 is 1.84 bits per heavy atom. The standard InChI is InChI=1S/C14H21BrO3S/c1-3-19(17,18)10-4-9-14(2,16)11-12-5-7-13(15)8-6-12/h5-8,16H,3-4,9-11H2,1-2H3. The SMILES string of the molecule is CCS(=O)(=O)CCCC(C)(O)Cc1ccc(Br)cc1. The van der Waals surface area contributed by atoms with E-state index >= 15 is 0 Å². The normalized spacial score (nSPS) is 15.2. The monoisotopic (exact) mass is 348 g/mol. The Hall–Kier alpha value is -0.390. The summed E-state index contributed by atoms with van der Waals surface area (Å²) in [5.74, 6) is 0.321. The Morgan fingerprint density at radius 3 is 2.37 bits per heavy atom. The molecule has 0 aromatic heterocycles. The van der Waals surface area contributed by atoms with Crippen LogP contribution in [0.25, 0.3) is 0 Å². The molecular weight excluding hydrogens is 328 g/mol. The van der Waals surface area contributed by atoms with Crippen LogP contribution < -0.4 is 0 Å². The van der Waals surface area contributed by atoms with Crippen molar-refractivity contribution in [3.63, 3.8) is 0 Å². The van der Waals surface area contributed by atoms with Crippen molar-refractivity contribution in [2.45, 2.75) is 38.7 Å². The zero-order chi connectivity index (χ0) is 14.5. The summed E-state index contributed by atoms with van der Waals surface area (Å²) < 4.78 is 23.8. The summed E-state index contributed by atoms with van der Waals surface area (Å²) in [6.45, 7) is 3.41.